The monoisotopic (exact) mass is 551 g/mol. The first-order valence-corrected chi connectivity index (χ1v) is 14.0. The number of halogens is 2. The number of thioether (sulfide) groups is 1. The fraction of sp³-hybridized carbons (Fsp3) is 0.462. The van der Waals surface area contributed by atoms with Gasteiger partial charge < -0.3 is 10.2 Å². The zero-order valence-electron chi connectivity index (χ0n) is 20.3. The van der Waals surface area contributed by atoms with E-state index >= 15 is 0 Å². The quantitative estimate of drug-likeness (QED) is 0.258. The van der Waals surface area contributed by atoms with Crippen molar-refractivity contribution in [2.75, 3.05) is 5.75 Å². The third kappa shape index (κ3) is 8.11. The molecule has 2 aromatic rings. The maximum Gasteiger partial charge on any atom is 0.269 e. The highest BCUT2D eigenvalue weighted by atomic mass is 35.5. The lowest BCUT2D eigenvalue weighted by molar-refractivity contribution is -0.384. The van der Waals surface area contributed by atoms with Gasteiger partial charge in [0.05, 0.1) is 20.7 Å². The number of hydrogen-bond donors (Lipinski definition) is 1. The van der Waals surface area contributed by atoms with E-state index in [1.165, 1.54) is 30.3 Å². The molecule has 1 fully saturated rings. The van der Waals surface area contributed by atoms with E-state index in [4.69, 9.17) is 23.2 Å². The second kappa shape index (κ2) is 13.9. The second-order valence-corrected chi connectivity index (χ2v) is 10.8. The van der Waals surface area contributed by atoms with E-state index in [2.05, 4.69) is 5.32 Å². The van der Waals surface area contributed by atoms with Crippen molar-refractivity contribution >= 4 is 52.5 Å². The normalized spacial score (nSPS) is 14.8. The Morgan fingerprint density at radius 2 is 1.75 bits per heavy atom. The van der Waals surface area contributed by atoms with Crippen molar-refractivity contribution in [2.24, 2.45) is 0 Å². The maximum atomic E-state index is 13.4. The van der Waals surface area contributed by atoms with Crippen LogP contribution in [0, 0.1) is 10.1 Å². The Kier molecular flexibility index (Phi) is 10.9. The molecule has 10 heteroatoms. The number of rotatable bonds is 11. The lowest BCUT2D eigenvalue weighted by Crippen LogP contribution is -2.52. The minimum Gasteiger partial charge on any atom is -0.352 e. The van der Waals surface area contributed by atoms with Crippen LogP contribution in [0.1, 0.15) is 56.6 Å². The summed E-state index contributed by atoms with van der Waals surface area (Å²) in [5, 5.41) is 14.8. The number of carbonyl (C=O) groups excluding carboxylic acids is 2. The molecule has 2 aromatic carbocycles. The van der Waals surface area contributed by atoms with E-state index in [0.717, 1.165) is 36.8 Å². The molecule has 3 rings (SSSR count). The van der Waals surface area contributed by atoms with Crippen LogP contribution < -0.4 is 5.32 Å². The van der Waals surface area contributed by atoms with Crippen molar-refractivity contribution in [3.05, 3.63) is 73.8 Å². The summed E-state index contributed by atoms with van der Waals surface area (Å²) in [6.07, 6.45) is 5.82. The second-order valence-electron chi connectivity index (χ2n) is 8.95. The number of hydrogen-bond acceptors (Lipinski definition) is 5. The molecule has 0 aromatic heterocycles. The van der Waals surface area contributed by atoms with E-state index in [-0.39, 0.29) is 35.8 Å². The Bertz CT molecular complexity index is 1060. The summed E-state index contributed by atoms with van der Waals surface area (Å²) in [6.45, 7) is 2.15. The summed E-state index contributed by atoms with van der Waals surface area (Å²) in [5.41, 5.74) is 1.71. The summed E-state index contributed by atoms with van der Waals surface area (Å²) < 4.78 is 0. The standard InChI is InChI=1S/C26H31Cl2N3O4S/c1-2-24(26(33)29-20-6-4-3-5-7-20)30(15-19-10-13-22(27)23(28)14-19)25(32)17-36-16-18-8-11-21(12-9-18)31(34)35/h8-14,20,24H,2-7,15-17H2,1H3,(H,29,33)/t24-/m1/s1. The van der Waals surface area contributed by atoms with Crippen LogP contribution in [-0.2, 0) is 21.9 Å². The number of benzene rings is 2. The molecule has 194 valence electrons. The molecule has 1 aliphatic rings. The number of nitro benzene ring substituents is 1. The Hall–Kier alpha value is -2.29. The summed E-state index contributed by atoms with van der Waals surface area (Å²) in [4.78, 5) is 38.7. The molecule has 0 saturated heterocycles. The molecular weight excluding hydrogens is 521 g/mol. The van der Waals surface area contributed by atoms with Crippen LogP contribution in [0.2, 0.25) is 10.0 Å². The minimum atomic E-state index is -0.603. The lowest BCUT2D eigenvalue weighted by atomic mass is 9.95. The predicted octanol–water partition coefficient (Wildman–Crippen LogP) is 6.39. The van der Waals surface area contributed by atoms with Gasteiger partial charge in [0.1, 0.15) is 6.04 Å². The van der Waals surface area contributed by atoms with Gasteiger partial charge in [-0.05, 0) is 42.5 Å². The first kappa shape index (κ1) is 28.3. The first-order chi connectivity index (χ1) is 17.3. The molecule has 1 atom stereocenters. The number of nitrogens with zero attached hydrogens (tertiary/aromatic N) is 2. The van der Waals surface area contributed by atoms with Crippen molar-refractivity contribution < 1.29 is 14.5 Å². The van der Waals surface area contributed by atoms with Crippen molar-refractivity contribution in [2.45, 2.75) is 69.8 Å². The molecule has 0 aliphatic heterocycles. The van der Waals surface area contributed by atoms with Gasteiger partial charge in [0.2, 0.25) is 11.8 Å². The van der Waals surface area contributed by atoms with Gasteiger partial charge in [-0.3, -0.25) is 19.7 Å². The SMILES string of the molecule is CC[C@H](C(=O)NC1CCCCC1)N(Cc1ccc(Cl)c(Cl)c1)C(=O)CSCc1ccc([N+](=O)[O-])cc1. The Morgan fingerprint density at radius 1 is 1.08 bits per heavy atom. The van der Waals surface area contributed by atoms with Crippen LogP contribution in [0.5, 0.6) is 0 Å². The molecule has 2 amide bonds. The molecule has 0 heterocycles. The van der Waals surface area contributed by atoms with Gasteiger partial charge in [0.15, 0.2) is 0 Å². The molecule has 0 bridgehead atoms. The van der Waals surface area contributed by atoms with Crippen LogP contribution in [0.15, 0.2) is 42.5 Å². The molecule has 36 heavy (non-hydrogen) atoms. The molecular formula is C26H31Cl2N3O4S. The molecule has 7 nitrogen and oxygen atoms in total. The van der Waals surface area contributed by atoms with E-state index < -0.39 is 11.0 Å². The number of nitro groups is 1. The maximum absolute atomic E-state index is 13.4. The van der Waals surface area contributed by atoms with Gasteiger partial charge in [0.25, 0.3) is 5.69 Å². The van der Waals surface area contributed by atoms with Crippen molar-refractivity contribution in [1.82, 2.24) is 10.2 Å². The molecule has 0 radical (unpaired) electrons. The molecule has 1 N–H and O–H groups in total. The molecule has 1 saturated carbocycles. The van der Waals surface area contributed by atoms with Crippen LogP contribution in [-0.4, -0.2) is 39.5 Å². The average molecular weight is 553 g/mol. The summed E-state index contributed by atoms with van der Waals surface area (Å²) >= 11 is 13.7. The van der Waals surface area contributed by atoms with Gasteiger partial charge in [0, 0.05) is 30.5 Å². The highest BCUT2D eigenvalue weighted by molar-refractivity contribution is 7.99. The van der Waals surface area contributed by atoms with E-state index in [1.807, 2.05) is 13.0 Å². The highest BCUT2D eigenvalue weighted by Gasteiger charge is 2.30. The van der Waals surface area contributed by atoms with Gasteiger partial charge in [-0.1, -0.05) is 67.6 Å². The van der Waals surface area contributed by atoms with Crippen molar-refractivity contribution in [3.8, 4) is 0 Å². The van der Waals surface area contributed by atoms with E-state index in [1.54, 1.807) is 29.2 Å². The number of amides is 2. The summed E-state index contributed by atoms with van der Waals surface area (Å²) in [7, 11) is 0. The van der Waals surface area contributed by atoms with Crippen LogP contribution in [0.25, 0.3) is 0 Å². The highest BCUT2D eigenvalue weighted by Crippen LogP contribution is 2.25. The molecule has 1 aliphatic carbocycles. The minimum absolute atomic E-state index is 0.0300. The van der Waals surface area contributed by atoms with Gasteiger partial charge in [-0.2, -0.15) is 0 Å². The average Bonchev–Trinajstić information content (AvgIpc) is 2.87. The Labute approximate surface area is 226 Å². The zero-order valence-corrected chi connectivity index (χ0v) is 22.6. The van der Waals surface area contributed by atoms with Crippen molar-refractivity contribution in [3.63, 3.8) is 0 Å². The Morgan fingerprint density at radius 3 is 2.36 bits per heavy atom. The topological polar surface area (TPSA) is 92.6 Å². The van der Waals surface area contributed by atoms with Gasteiger partial charge in [-0.25, -0.2) is 0 Å². The summed E-state index contributed by atoms with van der Waals surface area (Å²) in [5.74, 6) is 0.415. The Balaban J connectivity index is 1.70. The van der Waals surface area contributed by atoms with Crippen LogP contribution in [0.4, 0.5) is 5.69 Å². The van der Waals surface area contributed by atoms with E-state index in [0.29, 0.717) is 22.2 Å². The molecule has 0 unspecified atom stereocenters. The lowest BCUT2D eigenvalue weighted by Gasteiger charge is -2.33. The third-order valence-electron chi connectivity index (χ3n) is 6.32. The molecule has 0 spiro atoms. The predicted molar refractivity (Wildman–Crippen MR) is 145 cm³/mol. The van der Waals surface area contributed by atoms with Crippen molar-refractivity contribution in [1.29, 1.82) is 0 Å². The first-order valence-electron chi connectivity index (χ1n) is 12.1. The number of nitrogens with one attached hydrogen (secondary N) is 1. The smallest absolute Gasteiger partial charge is 0.269 e. The van der Waals surface area contributed by atoms with Crippen LogP contribution in [0.3, 0.4) is 0 Å². The van der Waals surface area contributed by atoms with Crippen LogP contribution >= 0.6 is 35.0 Å². The fourth-order valence-corrected chi connectivity index (χ4v) is 5.54. The van der Waals surface area contributed by atoms with E-state index in [9.17, 15) is 19.7 Å². The van der Waals surface area contributed by atoms with Gasteiger partial charge in [-0.15, -0.1) is 11.8 Å². The fourth-order valence-electron chi connectivity index (χ4n) is 4.35. The van der Waals surface area contributed by atoms with Gasteiger partial charge >= 0.3 is 0 Å². The summed E-state index contributed by atoms with van der Waals surface area (Å²) in [6, 6.07) is 11.1. The largest absolute Gasteiger partial charge is 0.352 e. The third-order valence-corrected chi connectivity index (χ3v) is 8.04. The number of carbonyl (C=O) groups is 2. The zero-order chi connectivity index (χ0) is 26.1. The number of non-ortho nitro benzene ring substituents is 1.